The predicted octanol–water partition coefficient (Wildman–Crippen LogP) is 5.83. The number of amides is 1. The number of likely N-dealkylation sites (tertiary alicyclic amines) is 1. The number of fused-ring (bicyclic) bond motifs is 1. The lowest BCUT2D eigenvalue weighted by molar-refractivity contribution is 0.0950. The van der Waals surface area contributed by atoms with E-state index in [0.29, 0.717) is 29.0 Å². The van der Waals surface area contributed by atoms with Crippen LogP contribution in [0, 0.1) is 25.2 Å². The Morgan fingerprint density at radius 2 is 1.98 bits per heavy atom. The van der Waals surface area contributed by atoms with Crippen molar-refractivity contribution >= 4 is 28.6 Å². The summed E-state index contributed by atoms with van der Waals surface area (Å²) >= 11 is 1.53. The SMILES string of the molecule is CSc1cc(C)[nH]c(=O)c1CNC(=O)c1c(C)n([C@H](C)C2CCC(N3CCC4(CCOC4)C3)CC2)c2ccccc12. The molecule has 2 aromatic heterocycles. The molecule has 1 aromatic carbocycles. The van der Waals surface area contributed by atoms with Crippen LogP contribution in [0.4, 0.5) is 0 Å². The van der Waals surface area contributed by atoms with Gasteiger partial charge in [-0.3, -0.25) is 14.5 Å². The van der Waals surface area contributed by atoms with E-state index in [1.807, 2.05) is 25.3 Å². The fourth-order valence-electron chi connectivity index (χ4n) is 7.91. The molecule has 1 spiro atoms. The number of aryl methyl sites for hydroxylation is 1. The Labute approximate surface area is 247 Å². The Morgan fingerprint density at radius 1 is 1.20 bits per heavy atom. The number of hydrogen-bond donors (Lipinski definition) is 2. The van der Waals surface area contributed by atoms with Crippen molar-refractivity contribution in [3.63, 3.8) is 0 Å². The van der Waals surface area contributed by atoms with Crippen molar-refractivity contribution in [3.05, 3.63) is 63.2 Å². The quantitative estimate of drug-likeness (QED) is 0.346. The van der Waals surface area contributed by atoms with E-state index in [4.69, 9.17) is 4.74 Å². The lowest BCUT2D eigenvalue weighted by Gasteiger charge is -2.38. The van der Waals surface area contributed by atoms with Gasteiger partial charge < -0.3 is 19.6 Å². The third-order valence-corrected chi connectivity index (χ3v) is 11.1. The van der Waals surface area contributed by atoms with Crippen LogP contribution in [-0.2, 0) is 11.3 Å². The number of aromatic amines is 1. The lowest BCUT2D eigenvalue weighted by Crippen LogP contribution is -2.39. The van der Waals surface area contributed by atoms with E-state index in [1.54, 1.807) is 0 Å². The van der Waals surface area contributed by atoms with Gasteiger partial charge in [-0.1, -0.05) is 18.2 Å². The molecule has 0 radical (unpaired) electrons. The summed E-state index contributed by atoms with van der Waals surface area (Å²) in [4.78, 5) is 32.9. The summed E-state index contributed by atoms with van der Waals surface area (Å²) in [5.41, 5.74) is 4.55. The van der Waals surface area contributed by atoms with E-state index in [1.165, 1.54) is 63.4 Å². The van der Waals surface area contributed by atoms with E-state index in [-0.39, 0.29) is 18.0 Å². The summed E-state index contributed by atoms with van der Waals surface area (Å²) in [6, 6.07) is 11.2. The maximum absolute atomic E-state index is 13.7. The lowest BCUT2D eigenvalue weighted by atomic mass is 9.81. The molecule has 7 nitrogen and oxygen atoms in total. The van der Waals surface area contributed by atoms with Crippen molar-refractivity contribution in [3.8, 4) is 0 Å². The fraction of sp³-hybridized carbons (Fsp3) is 0.576. The summed E-state index contributed by atoms with van der Waals surface area (Å²) < 4.78 is 8.17. The summed E-state index contributed by atoms with van der Waals surface area (Å²) in [5, 5.41) is 4.05. The molecule has 3 fully saturated rings. The zero-order valence-corrected chi connectivity index (χ0v) is 25.7. The standard InChI is InChI=1S/C33H44N4O3S/c1-21-17-29(41-4)27(31(38)35-21)18-34-32(39)30-23(3)37(28-8-6-5-7-26(28)30)22(2)24-9-11-25(12-10-24)36-15-13-33(19-36)14-16-40-20-33/h5-8,17,22,24-25H,9-16,18-20H2,1-4H3,(H,34,39)(H,35,38)/t22-,24?,25?,33?/m1/s1. The molecule has 41 heavy (non-hydrogen) atoms. The van der Waals surface area contributed by atoms with Gasteiger partial charge in [0.15, 0.2) is 0 Å². The molecule has 3 aliphatic rings. The topological polar surface area (TPSA) is 79.4 Å². The zero-order chi connectivity index (χ0) is 28.7. The molecule has 3 aromatic rings. The van der Waals surface area contributed by atoms with Crippen LogP contribution >= 0.6 is 11.8 Å². The van der Waals surface area contributed by atoms with Gasteiger partial charge in [-0.05, 0) is 90.1 Å². The van der Waals surface area contributed by atoms with Crippen LogP contribution in [0.3, 0.4) is 0 Å². The first kappa shape index (κ1) is 28.6. The normalized spacial score (nSPS) is 25.8. The first-order valence-corrected chi connectivity index (χ1v) is 16.5. The molecular weight excluding hydrogens is 532 g/mol. The summed E-state index contributed by atoms with van der Waals surface area (Å²) in [5.74, 6) is 0.456. The summed E-state index contributed by atoms with van der Waals surface area (Å²) in [7, 11) is 0. The molecule has 2 N–H and O–H groups in total. The number of ether oxygens (including phenoxy) is 1. The van der Waals surface area contributed by atoms with Crippen molar-refractivity contribution < 1.29 is 9.53 Å². The molecule has 4 heterocycles. The second kappa shape index (κ2) is 11.6. The molecule has 1 unspecified atom stereocenters. The highest BCUT2D eigenvalue weighted by molar-refractivity contribution is 7.98. The number of thioether (sulfide) groups is 1. The first-order valence-electron chi connectivity index (χ1n) is 15.3. The number of nitrogens with one attached hydrogen (secondary N) is 2. The van der Waals surface area contributed by atoms with Gasteiger partial charge in [0.1, 0.15) is 0 Å². The minimum absolute atomic E-state index is 0.126. The van der Waals surface area contributed by atoms with E-state index < -0.39 is 0 Å². The van der Waals surface area contributed by atoms with Crippen molar-refractivity contribution in [1.82, 2.24) is 19.8 Å². The van der Waals surface area contributed by atoms with Gasteiger partial charge in [0.2, 0.25) is 0 Å². The largest absolute Gasteiger partial charge is 0.381 e. The number of nitrogens with zero attached hydrogens (tertiary/aromatic N) is 2. The molecule has 0 bridgehead atoms. The Morgan fingerprint density at radius 3 is 2.71 bits per heavy atom. The van der Waals surface area contributed by atoms with Gasteiger partial charge in [0.25, 0.3) is 11.5 Å². The van der Waals surface area contributed by atoms with Gasteiger partial charge in [-0.2, -0.15) is 0 Å². The summed E-state index contributed by atoms with van der Waals surface area (Å²) in [6.07, 6.45) is 9.41. The molecule has 8 heteroatoms. The van der Waals surface area contributed by atoms with Gasteiger partial charge >= 0.3 is 0 Å². The number of rotatable bonds is 7. The highest BCUT2D eigenvalue weighted by Crippen LogP contribution is 2.43. The number of aromatic nitrogens is 2. The summed E-state index contributed by atoms with van der Waals surface area (Å²) in [6.45, 7) is 10.8. The van der Waals surface area contributed by atoms with Crippen molar-refractivity contribution in [2.45, 2.75) is 82.8 Å². The molecule has 6 rings (SSSR count). The molecule has 2 atom stereocenters. The molecule has 220 valence electrons. The Kier molecular flexibility index (Phi) is 8.09. The monoisotopic (exact) mass is 576 g/mol. The molecule has 2 saturated heterocycles. The van der Waals surface area contributed by atoms with Crippen LogP contribution in [-0.4, -0.2) is 59.0 Å². The van der Waals surface area contributed by atoms with Crippen molar-refractivity contribution in [1.29, 1.82) is 0 Å². The van der Waals surface area contributed by atoms with E-state index in [9.17, 15) is 9.59 Å². The van der Waals surface area contributed by atoms with Crippen LogP contribution in [0.2, 0.25) is 0 Å². The van der Waals surface area contributed by atoms with Gasteiger partial charge in [0, 0.05) is 69.9 Å². The smallest absolute Gasteiger partial charge is 0.254 e. The van der Waals surface area contributed by atoms with Crippen LogP contribution in [0.15, 0.2) is 40.0 Å². The minimum Gasteiger partial charge on any atom is -0.381 e. The maximum Gasteiger partial charge on any atom is 0.254 e. The van der Waals surface area contributed by atoms with E-state index in [2.05, 4.69) is 51.8 Å². The average molecular weight is 577 g/mol. The second-order valence-corrected chi connectivity index (χ2v) is 13.5. The average Bonchev–Trinajstić information content (AvgIpc) is 3.69. The Balaban J connectivity index is 1.18. The molecule has 1 amide bonds. The number of pyridine rings is 1. The Bertz CT molecular complexity index is 1480. The van der Waals surface area contributed by atoms with E-state index >= 15 is 0 Å². The van der Waals surface area contributed by atoms with Gasteiger partial charge in [0.05, 0.1) is 12.2 Å². The number of para-hydroxylation sites is 1. The van der Waals surface area contributed by atoms with Crippen molar-refractivity contribution in [2.75, 3.05) is 32.6 Å². The number of H-pyrrole nitrogens is 1. The van der Waals surface area contributed by atoms with Crippen LogP contribution in [0.1, 0.15) is 78.8 Å². The zero-order valence-electron chi connectivity index (χ0n) is 24.9. The van der Waals surface area contributed by atoms with Crippen LogP contribution < -0.4 is 10.9 Å². The van der Waals surface area contributed by atoms with Gasteiger partial charge in [-0.25, -0.2) is 0 Å². The van der Waals surface area contributed by atoms with Crippen LogP contribution in [0.5, 0.6) is 0 Å². The number of carbonyl (C=O) groups excluding carboxylic acids is 1. The number of hydrogen-bond acceptors (Lipinski definition) is 5. The maximum atomic E-state index is 13.7. The highest BCUT2D eigenvalue weighted by Gasteiger charge is 2.43. The molecule has 1 aliphatic carbocycles. The predicted molar refractivity (Wildman–Crippen MR) is 166 cm³/mol. The Hall–Kier alpha value is -2.55. The van der Waals surface area contributed by atoms with Gasteiger partial charge in [-0.15, -0.1) is 11.8 Å². The second-order valence-electron chi connectivity index (χ2n) is 12.7. The molecular formula is C33H44N4O3S. The van der Waals surface area contributed by atoms with E-state index in [0.717, 1.165) is 46.0 Å². The number of benzene rings is 1. The van der Waals surface area contributed by atoms with Crippen molar-refractivity contribution in [2.24, 2.45) is 11.3 Å². The third-order valence-electron chi connectivity index (χ3n) is 10.3. The molecule has 1 saturated carbocycles. The fourth-order valence-corrected chi connectivity index (χ4v) is 8.61. The third kappa shape index (κ3) is 5.39. The van der Waals surface area contributed by atoms with Crippen LogP contribution in [0.25, 0.3) is 10.9 Å². The highest BCUT2D eigenvalue weighted by atomic mass is 32.2. The number of carbonyl (C=O) groups is 1. The first-order chi connectivity index (χ1) is 19.8. The molecule has 2 aliphatic heterocycles. The minimum atomic E-state index is -0.140.